The number of carbonyl (C=O) groups excluding carboxylic acids is 1. The monoisotopic (exact) mass is 387 g/mol. The lowest BCUT2D eigenvalue weighted by Crippen LogP contribution is -2.52. The number of hydrogen-bond donors (Lipinski definition) is 1. The maximum absolute atomic E-state index is 12.6. The predicted molar refractivity (Wildman–Crippen MR) is 101 cm³/mol. The van der Waals surface area contributed by atoms with Gasteiger partial charge in [0.15, 0.2) is 0 Å². The number of aromatic nitrogens is 3. The highest BCUT2D eigenvalue weighted by atomic mass is 16.5. The van der Waals surface area contributed by atoms with Crippen molar-refractivity contribution in [1.82, 2.24) is 19.9 Å². The van der Waals surface area contributed by atoms with Crippen LogP contribution in [0.1, 0.15) is 24.2 Å². The third-order valence-corrected chi connectivity index (χ3v) is 5.46. The Morgan fingerprint density at radius 3 is 2.68 bits per heavy atom. The Labute approximate surface area is 163 Å². The third kappa shape index (κ3) is 3.67. The zero-order valence-electron chi connectivity index (χ0n) is 16.2. The molecule has 0 bridgehead atoms. The van der Waals surface area contributed by atoms with E-state index in [4.69, 9.17) is 14.2 Å². The molecule has 1 spiro atoms. The van der Waals surface area contributed by atoms with E-state index in [0.29, 0.717) is 32.8 Å². The number of likely N-dealkylation sites (tertiary alicyclic amines) is 1. The van der Waals surface area contributed by atoms with E-state index in [2.05, 4.69) is 15.6 Å². The molecule has 9 heteroatoms. The van der Waals surface area contributed by atoms with E-state index in [1.807, 2.05) is 33.8 Å². The Hall–Kier alpha value is -2.65. The minimum atomic E-state index is -0.290. The van der Waals surface area contributed by atoms with Crippen molar-refractivity contribution in [3.63, 3.8) is 0 Å². The molecule has 28 heavy (non-hydrogen) atoms. The summed E-state index contributed by atoms with van der Waals surface area (Å²) in [5, 5.41) is 11.4. The molecule has 1 fully saturated rings. The highest BCUT2D eigenvalue weighted by molar-refractivity contribution is 5.89. The van der Waals surface area contributed by atoms with Crippen LogP contribution in [0.4, 0.5) is 10.5 Å². The number of nitrogens with one attached hydrogen (secondary N) is 1. The summed E-state index contributed by atoms with van der Waals surface area (Å²) in [6.07, 6.45) is 1.53. The van der Waals surface area contributed by atoms with Gasteiger partial charge in [-0.2, -0.15) is 0 Å². The number of urea groups is 1. The molecule has 0 unspecified atom stereocenters. The molecule has 0 saturated carbocycles. The highest BCUT2D eigenvalue weighted by Gasteiger charge is 2.41. The molecule has 0 aliphatic carbocycles. The molecule has 2 aliphatic rings. The summed E-state index contributed by atoms with van der Waals surface area (Å²) >= 11 is 0. The van der Waals surface area contributed by atoms with Gasteiger partial charge in [-0.25, -0.2) is 9.48 Å². The lowest BCUT2D eigenvalue weighted by molar-refractivity contribution is -0.119. The Balaban J connectivity index is 1.34. The maximum atomic E-state index is 12.6. The number of piperidine rings is 1. The number of fused-ring (bicyclic) bond motifs is 1. The van der Waals surface area contributed by atoms with E-state index in [9.17, 15) is 4.79 Å². The number of carbonyl (C=O) groups is 1. The van der Waals surface area contributed by atoms with Crippen LogP contribution < -0.4 is 10.1 Å². The minimum Gasteiger partial charge on any atom is -0.497 e. The number of amides is 2. The van der Waals surface area contributed by atoms with Crippen LogP contribution in [-0.2, 0) is 29.2 Å². The Morgan fingerprint density at radius 1 is 1.25 bits per heavy atom. The van der Waals surface area contributed by atoms with Crippen LogP contribution in [0.15, 0.2) is 24.3 Å². The van der Waals surface area contributed by atoms with E-state index in [1.54, 1.807) is 14.2 Å². The van der Waals surface area contributed by atoms with Gasteiger partial charge in [0.2, 0.25) is 0 Å². The van der Waals surface area contributed by atoms with Gasteiger partial charge in [0.1, 0.15) is 11.4 Å². The summed E-state index contributed by atoms with van der Waals surface area (Å²) in [5.74, 6) is 0.758. The molecule has 9 nitrogen and oxygen atoms in total. The number of benzene rings is 1. The topological polar surface area (TPSA) is 90.7 Å². The van der Waals surface area contributed by atoms with Crippen LogP contribution in [0.3, 0.4) is 0 Å². The van der Waals surface area contributed by atoms with Crippen LogP contribution in [0.25, 0.3) is 0 Å². The molecule has 2 amide bonds. The number of anilines is 1. The van der Waals surface area contributed by atoms with E-state index in [0.717, 1.165) is 35.7 Å². The molecule has 2 aliphatic heterocycles. The number of methoxy groups -OCH3 is 2. The molecule has 2 aromatic rings. The Kier molecular flexibility index (Phi) is 5.19. The predicted octanol–water partition coefficient (Wildman–Crippen LogP) is 2.03. The average molecular weight is 387 g/mol. The SMILES string of the molecule is COCc1nnn2c1COC1(CCN(C(=O)Nc3ccc(OC)cc3)CC1)C2. The molecular weight excluding hydrogens is 362 g/mol. The van der Waals surface area contributed by atoms with E-state index >= 15 is 0 Å². The summed E-state index contributed by atoms with van der Waals surface area (Å²) in [5.41, 5.74) is 2.26. The van der Waals surface area contributed by atoms with Gasteiger partial charge in [-0.3, -0.25) is 0 Å². The van der Waals surface area contributed by atoms with Crippen LogP contribution >= 0.6 is 0 Å². The summed E-state index contributed by atoms with van der Waals surface area (Å²) in [4.78, 5) is 14.4. The van der Waals surface area contributed by atoms with Crippen molar-refractivity contribution in [3.05, 3.63) is 35.7 Å². The maximum Gasteiger partial charge on any atom is 0.321 e. The van der Waals surface area contributed by atoms with Crippen molar-refractivity contribution in [2.75, 3.05) is 32.6 Å². The van der Waals surface area contributed by atoms with Gasteiger partial charge >= 0.3 is 6.03 Å². The summed E-state index contributed by atoms with van der Waals surface area (Å²) in [7, 11) is 3.26. The molecular formula is C19H25N5O4. The van der Waals surface area contributed by atoms with Gasteiger partial charge in [-0.15, -0.1) is 5.10 Å². The van der Waals surface area contributed by atoms with E-state index < -0.39 is 0 Å². The smallest absolute Gasteiger partial charge is 0.321 e. The van der Waals surface area contributed by atoms with Gasteiger partial charge in [-0.05, 0) is 37.1 Å². The lowest BCUT2D eigenvalue weighted by atomic mass is 9.90. The fourth-order valence-electron chi connectivity index (χ4n) is 3.74. The van der Waals surface area contributed by atoms with Gasteiger partial charge in [-0.1, -0.05) is 5.21 Å². The summed E-state index contributed by atoms with van der Waals surface area (Å²) < 4.78 is 18.4. The molecule has 1 saturated heterocycles. The van der Waals surface area contributed by atoms with Crippen molar-refractivity contribution >= 4 is 11.7 Å². The first-order chi connectivity index (χ1) is 13.6. The average Bonchev–Trinajstić information content (AvgIpc) is 3.11. The Bertz CT molecular complexity index is 827. The van der Waals surface area contributed by atoms with E-state index in [-0.39, 0.29) is 11.6 Å². The Morgan fingerprint density at radius 2 is 2.00 bits per heavy atom. The lowest BCUT2D eigenvalue weighted by Gasteiger charge is -2.43. The van der Waals surface area contributed by atoms with Crippen molar-refractivity contribution in [2.45, 2.75) is 38.2 Å². The first-order valence-corrected chi connectivity index (χ1v) is 9.36. The van der Waals surface area contributed by atoms with Crippen molar-refractivity contribution in [3.8, 4) is 5.75 Å². The van der Waals surface area contributed by atoms with Gasteiger partial charge in [0.05, 0.1) is 38.2 Å². The number of rotatable bonds is 4. The van der Waals surface area contributed by atoms with Crippen LogP contribution in [0.2, 0.25) is 0 Å². The van der Waals surface area contributed by atoms with E-state index in [1.165, 1.54) is 0 Å². The molecule has 150 valence electrons. The second-order valence-electron chi connectivity index (χ2n) is 7.19. The number of nitrogens with zero attached hydrogens (tertiary/aromatic N) is 4. The first-order valence-electron chi connectivity index (χ1n) is 9.36. The van der Waals surface area contributed by atoms with Crippen LogP contribution in [0, 0.1) is 0 Å². The molecule has 1 N–H and O–H groups in total. The zero-order chi connectivity index (χ0) is 19.6. The van der Waals surface area contributed by atoms with Crippen LogP contribution in [0.5, 0.6) is 5.75 Å². The summed E-state index contributed by atoms with van der Waals surface area (Å²) in [6.45, 7) is 2.84. The minimum absolute atomic E-state index is 0.0975. The normalized spacial score (nSPS) is 18.0. The van der Waals surface area contributed by atoms with Crippen molar-refractivity contribution in [1.29, 1.82) is 0 Å². The molecule has 1 aromatic carbocycles. The van der Waals surface area contributed by atoms with Gasteiger partial charge in [0.25, 0.3) is 0 Å². The zero-order valence-corrected chi connectivity index (χ0v) is 16.2. The van der Waals surface area contributed by atoms with Gasteiger partial charge in [0, 0.05) is 25.9 Å². The molecule has 0 radical (unpaired) electrons. The number of ether oxygens (including phenoxy) is 3. The highest BCUT2D eigenvalue weighted by Crippen LogP contribution is 2.33. The fourth-order valence-corrected chi connectivity index (χ4v) is 3.74. The quantitative estimate of drug-likeness (QED) is 0.863. The molecule has 3 heterocycles. The second-order valence-corrected chi connectivity index (χ2v) is 7.19. The molecule has 4 rings (SSSR count). The van der Waals surface area contributed by atoms with Crippen molar-refractivity contribution < 1.29 is 19.0 Å². The van der Waals surface area contributed by atoms with Crippen LogP contribution in [-0.4, -0.2) is 58.8 Å². The second kappa shape index (κ2) is 7.76. The largest absolute Gasteiger partial charge is 0.497 e. The standard InChI is InChI=1S/C19H25N5O4/c1-26-11-16-17-12-28-19(13-24(17)22-21-16)7-9-23(10-8-19)18(25)20-14-3-5-15(27-2)6-4-14/h3-6H,7-13H2,1-2H3,(H,20,25). The molecule has 1 aromatic heterocycles. The molecule has 0 atom stereocenters. The van der Waals surface area contributed by atoms with Gasteiger partial charge < -0.3 is 24.4 Å². The summed E-state index contributed by atoms with van der Waals surface area (Å²) in [6, 6.07) is 7.21. The van der Waals surface area contributed by atoms with Crippen molar-refractivity contribution in [2.24, 2.45) is 0 Å². The number of hydrogen-bond acceptors (Lipinski definition) is 6. The fraction of sp³-hybridized carbons (Fsp3) is 0.526. The third-order valence-electron chi connectivity index (χ3n) is 5.46. The first kappa shape index (κ1) is 18.7.